The number of aliphatic carboxylic acids is 1. The van der Waals surface area contributed by atoms with Crippen molar-refractivity contribution in [2.75, 3.05) is 13.1 Å². The zero-order valence-electron chi connectivity index (χ0n) is 41.9. The zero-order chi connectivity index (χ0) is 53.7. The van der Waals surface area contributed by atoms with E-state index in [4.69, 9.17) is 17.2 Å². The smallest absolute Gasteiger partial charge is 0.326 e. The molecule has 0 fully saturated rings. The summed E-state index contributed by atoms with van der Waals surface area (Å²) in [7, 11) is 0. The molecule has 0 bridgehead atoms. The second kappa shape index (κ2) is 29.5. The Labute approximate surface area is 413 Å². The molecule has 0 aliphatic rings. The number of carboxylic acid groups (broad SMARTS) is 1. The number of fused-ring (bicyclic) bond motifs is 1. The van der Waals surface area contributed by atoms with Crippen LogP contribution < -0.4 is 59.7 Å². The zero-order valence-corrected chi connectivity index (χ0v) is 41.9. The molecule has 24 nitrogen and oxygen atoms in total. The summed E-state index contributed by atoms with van der Waals surface area (Å²) in [5.41, 5.74) is 18.1. The Bertz CT molecular complexity index is 2160. The number of nitrogens with two attached hydrogens (primary N) is 3. The summed E-state index contributed by atoms with van der Waals surface area (Å²) in [4.78, 5) is 134. The van der Waals surface area contributed by atoms with Crippen molar-refractivity contribution in [3.8, 4) is 0 Å². The van der Waals surface area contributed by atoms with Gasteiger partial charge in [0.2, 0.25) is 53.2 Å². The van der Waals surface area contributed by atoms with E-state index in [-0.39, 0.29) is 19.3 Å². The van der Waals surface area contributed by atoms with Gasteiger partial charge in [-0.15, -0.1) is 0 Å². The molecule has 71 heavy (non-hydrogen) atoms. The van der Waals surface area contributed by atoms with Crippen LogP contribution in [-0.2, 0) is 54.4 Å². The van der Waals surface area contributed by atoms with Crippen LogP contribution in [0.1, 0.15) is 99.5 Å². The predicted molar refractivity (Wildman–Crippen MR) is 262 cm³/mol. The lowest BCUT2D eigenvalue weighted by atomic mass is 9.96. The monoisotopic (exact) mass is 1000 g/mol. The van der Waals surface area contributed by atoms with E-state index in [0.29, 0.717) is 37.8 Å². The minimum atomic E-state index is -1.67. The molecule has 0 saturated carbocycles. The summed E-state index contributed by atoms with van der Waals surface area (Å²) < 4.78 is 0. The van der Waals surface area contributed by atoms with Gasteiger partial charge in [-0.1, -0.05) is 72.6 Å². The molecule has 1 heterocycles. The fourth-order valence-corrected chi connectivity index (χ4v) is 7.29. The first kappa shape index (κ1) is 60.5. The van der Waals surface area contributed by atoms with E-state index in [9.17, 15) is 58.2 Å². The van der Waals surface area contributed by atoms with Gasteiger partial charge in [-0.2, -0.15) is 0 Å². The molecule has 2 aromatic rings. The molecule has 10 unspecified atom stereocenters. The van der Waals surface area contributed by atoms with Gasteiger partial charge in [0.05, 0.1) is 18.7 Å². The summed E-state index contributed by atoms with van der Waals surface area (Å²) in [5.74, 6) is -10.5. The highest BCUT2D eigenvalue weighted by atomic mass is 16.4. The van der Waals surface area contributed by atoms with E-state index in [1.54, 1.807) is 53.8 Å². The first-order valence-corrected chi connectivity index (χ1v) is 23.9. The third kappa shape index (κ3) is 19.6. The van der Waals surface area contributed by atoms with Crippen molar-refractivity contribution in [1.82, 2.24) is 47.5 Å². The molecule has 396 valence electrons. The number of carboxylic acids is 1. The summed E-state index contributed by atoms with van der Waals surface area (Å²) in [5, 5.41) is 41.5. The molecular formula is C47H76N12O12. The van der Waals surface area contributed by atoms with Crippen LogP contribution in [0.3, 0.4) is 0 Å². The lowest BCUT2D eigenvalue weighted by Gasteiger charge is -2.31. The maximum atomic E-state index is 13.9. The van der Waals surface area contributed by atoms with E-state index < -0.39 is 138 Å². The first-order chi connectivity index (χ1) is 33.3. The van der Waals surface area contributed by atoms with Gasteiger partial charge in [-0.05, 0) is 69.0 Å². The summed E-state index contributed by atoms with van der Waals surface area (Å²) in [6, 6.07) is -3.20. The molecule has 1 aromatic carbocycles. The predicted octanol–water partition coefficient (Wildman–Crippen LogP) is -2.21. The average molecular weight is 1000 g/mol. The number of carbonyl (C=O) groups is 10. The number of rotatable bonds is 31. The van der Waals surface area contributed by atoms with Gasteiger partial charge in [-0.25, -0.2) is 4.79 Å². The number of aromatic amines is 1. The summed E-state index contributed by atoms with van der Waals surface area (Å²) in [6.45, 7) is 12.2. The Kier molecular flexibility index (Phi) is 25.1. The largest absolute Gasteiger partial charge is 0.480 e. The highest BCUT2D eigenvalue weighted by Crippen LogP contribution is 2.20. The van der Waals surface area contributed by atoms with Crippen molar-refractivity contribution in [3.63, 3.8) is 0 Å². The van der Waals surface area contributed by atoms with E-state index in [1.165, 1.54) is 13.8 Å². The quantitative estimate of drug-likeness (QED) is 0.0356. The maximum absolute atomic E-state index is 13.9. The molecule has 9 amide bonds. The average Bonchev–Trinajstić information content (AvgIpc) is 3.72. The number of para-hydroxylation sites is 1. The molecule has 1 aromatic heterocycles. The number of aliphatic hydroxyl groups is 1. The number of primary amides is 1. The Morgan fingerprint density at radius 3 is 1.75 bits per heavy atom. The van der Waals surface area contributed by atoms with Crippen molar-refractivity contribution < 1.29 is 58.2 Å². The second-order valence-electron chi connectivity index (χ2n) is 18.5. The minimum absolute atomic E-state index is 0.0764. The topological polar surface area (TPSA) is 401 Å². The first-order valence-electron chi connectivity index (χ1n) is 23.9. The maximum Gasteiger partial charge on any atom is 0.326 e. The van der Waals surface area contributed by atoms with Gasteiger partial charge in [0, 0.05) is 29.9 Å². The van der Waals surface area contributed by atoms with Crippen molar-refractivity contribution in [2.24, 2.45) is 35.0 Å². The van der Waals surface area contributed by atoms with Crippen LogP contribution in [0.4, 0.5) is 0 Å². The van der Waals surface area contributed by atoms with Gasteiger partial charge >= 0.3 is 5.97 Å². The Balaban J connectivity index is 2.18. The number of hydrogen-bond donors (Lipinski definition) is 14. The Morgan fingerprint density at radius 1 is 0.648 bits per heavy atom. The summed E-state index contributed by atoms with van der Waals surface area (Å²) in [6.07, 6.45) is 1.38. The number of H-pyrrole nitrogens is 1. The van der Waals surface area contributed by atoms with E-state index in [2.05, 4.69) is 47.5 Å². The highest BCUT2D eigenvalue weighted by molar-refractivity contribution is 5.98. The van der Waals surface area contributed by atoms with E-state index >= 15 is 0 Å². The molecule has 0 saturated heterocycles. The SMILES string of the molecule is CCC(C)C(NC(=O)C(NC(=O)C(NC(=O)C(NC(=O)C(CCC(N)=O)NC(=O)CNC(=O)C(C)NC(=O)C(N)CCCCN)C(C)C)C(C)C)C(C)O)C(=O)NC(Cc1c[nH]c2ccccc12)C(=O)O. The standard InChI is InChI=1S/C47H76N12O12/c1-9-25(6)38(45(68)55-33(47(70)71)20-28-21-51-31-16-11-10-14-29(28)31)58-46(69)39(27(8)60)59-44(67)37(24(4)5)57-43(66)36(23(2)3)56-42(65)32(17-18-34(50)61)54-35(62)22-52-40(63)26(7)53-41(64)30(49)15-12-13-19-48/h10-11,14,16,21,23-27,30,32-33,36-39,51,60H,9,12-13,15,17-20,22,48-49H2,1-8H3,(H2,50,61)(H,52,63)(H,53,64)(H,54,62)(H,55,68)(H,56,65)(H,57,66)(H,58,69)(H,59,67)(H,70,71). The number of unbranched alkanes of at least 4 members (excludes halogenated alkanes) is 1. The van der Waals surface area contributed by atoms with Gasteiger partial charge in [0.25, 0.3) is 0 Å². The van der Waals surface area contributed by atoms with Crippen molar-refractivity contribution >= 4 is 70.0 Å². The Hall–Kier alpha value is -6.66. The molecule has 24 heteroatoms. The fourth-order valence-electron chi connectivity index (χ4n) is 7.29. The van der Waals surface area contributed by atoms with Gasteiger partial charge in [0.1, 0.15) is 42.3 Å². The third-order valence-corrected chi connectivity index (χ3v) is 11.9. The number of amides is 9. The molecular weight excluding hydrogens is 925 g/mol. The molecule has 17 N–H and O–H groups in total. The number of benzene rings is 1. The number of aliphatic hydroxyl groups excluding tert-OH is 1. The molecule has 0 aliphatic heterocycles. The fraction of sp³-hybridized carbons (Fsp3) is 0.617. The number of aromatic nitrogens is 1. The van der Waals surface area contributed by atoms with Crippen LogP contribution >= 0.6 is 0 Å². The second-order valence-corrected chi connectivity index (χ2v) is 18.5. The van der Waals surface area contributed by atoms with Crippen LogP contribution in [0, 0.1) is 17.8 Å². The summed E-state index contributed by atoms with van der Waals surface area (Å²) >= 11 is 0. The van der Waals surface area contributed by atoms with Gasteiger partial charge < -0.3 is 74.9 Å². The molecule has 0 aliphatic carbocycles. The lowest BCUT2D eigenvalue weighted by Crippen LogP contribution is -2.63. The Morgan fingerprint density at radius 2 is 1.20 bits per heavy atom. The normalized spacial score (nSPS) is 15.6. The van der Waals surface area contributed by atoms with E-state index in [1.807, 2.05) is 18.2 Å². The number of nitrogens with one attached hydrogen (secondary N) is 9. The van der Waals surface area contributed by atoms with Crippen molar-refractivity contribution in [2.45, 2.75) is 155 Å². The van der Waals surface area contributed by atoms with Gasteiger partial charge in [0.15, 0.2) is 0 Å². The van der Waals surface area contributed by atoms with E-state index in [0.717, 1.165) is 10.9 Å². The number of carbonyl (C=O) groups excluding carboxylic acids is 9. The lowest BCUT2D eigenvalue weighted by molar-refractivity contribution is -0.142. The highest BCUT2D eigenvalue weighted by Gasteiger charge is 2.37. The van der Waals surface area contributed by atoms with Crippen LogP contribution in [0.25, 0.3) is 10.9 Å². The van der Waals surface area contributed by atoms with Gasteiger partial charge in [-0.3, -0.25) is 43.2 Å². The van der Waals surface area contributed by atoms with Crippen molar-refractivity contribution in [3.05, 3.63) is 36.0 Å². The van der Waals surface area contributed by atoms with Crippen LogP contribution in [0.5, 0.6) is 0 Å². The van der Waals surface area contributed by atoms with Crippen LogP contribution in [0.15, 0.2) is 30.5 Å². The molecule has 2 rings (SSSR count). The number of hydrogen-bond acceptors (Lipinski definition) is 13. The third-order valence-electron chi connectivity index (χ3n) is 11.9. The van der Waals surface area contributed by atoms with Crippen LogP contribution in [0.2, 0.25) is 0 Å². The minimum Gasteiger partial charge on any atom is -0.480 e. The molecule has 10 atom stereocenters. The molecule has 0 spiro atoms. The van der Waals surface area contributed by atoms with Crippen LogP contribution in [-0.4, -0.2) is 142 Å². The molecule has 0 radical (unpaired) electrons. The van der Waals surface area contributed by atoms with Crippen molar-refractivity contribution in [1.29, 1.82) is 0 Å².